The summed E-state index contributed by atoms with van der Waals surface area (Å²) in [4.78, 5) is 29.2. The molecule has 0 aromatic rings. The minimum absolute atomic E-state index is 0.0677. The van der Waals surface area contributed by atoms with Crippen LogP contribution in [0.15, 0.2) is 0 Å². The Bertz CT molecular complexity index is 755. The monoisotopic (exact) mass is 411 g/mol. The van der Waals surface area contributed by atoms with Crippen molar-refractivity contribution in [2.45, 2.75) is 94.5 Å². The van der Waals surface area contributed by atoms with E-state index in [1.807, 2.05) is 6.92 Å². The van der Waals surface area contributed by atoms with Crippen LogP contribution in [-0.4, -0.2) is 60.1 Å². The number of sulfonamides is 1. The molecule has 8 heteroatoms. The van der Waals surface area contributed by atoms with Gasteiger partial charge in [0.15, 0.2) is 0 Å². The molecule has 7 nitrogen and oxygen atoms in total. The highest BCUT2D eigenvalue weighted by atomic mass is 32.2. The van der Waals surface area contributed by atoms with Crippen LogP contribution in [0.3, 0.4) is 0 Å². The van der Waals surface area contributed by atoms with Gasteiger partial charge in [-0.3, -0.25) is 9.69 Å². The number of urea groups is 1. The minimum atomic E-state index is -3.45. The van der Waals surface area contributed by atoms with Crippen molar-refractivity contribution in [3.05, 3.63) is 0 Å². The molecule has 4 fully saturated rings. The number of carbonyl (C=O) groups is 2. The first kappa shape index (κ1) is 20.1. The summed E-state index contributed by atoms with van der Waals surface area (Å²) in [5.41, 5.74) is -0.299. The quantitative estimate of drug-likeness (QED) is 0.770. The summed E-state index contributed by atoms with van der Waals surface area (Å²) in [6, 6.07) is -0.646. The summed E-state index contributed by atoms with van der Waals surface area (Å²) >= 11 is 0. The number of likely N-dealkylation sites (N-methyl/N-ethyl adjacent to an activating group) is 1. The van der Waals surface area contributed by atoms with Gasteiger partial charge in [0.05, 0.1) is 17.3 Å². The van der Waals surface area contributed by atoms with Gasteiger partial charge in [0.1, 0.15) is 0 Å². The Labute approximate surface area is 168 Å². The maximum absolute atomic E-state index is 13.2. The molecule has 0 aromatic carbocycles. The van der Waals surface area contributed by atoms with Gasteiger partial charge in [-0.15, -0.1) is 0 Å². The van der Waals surface area contributed by atoms with Gasteiger partial charge in [0.2, 0.25) is 15.9 Å². The number of hydrogen-bond acceptors (Lipinski definition) is 4. The standard InChI is InChI=1S/C20H33N3O4S/c1-13-4-6-14(7-5-13)18(24)23-17-12-15(8-9-16(17)22(3)19(23)25)28(26,27)21-20(2)10-11-20/h13-17,21H,4-12H2,1-3H3. The molecule has 4 aliphatic rings. The highest BCUT2D eigenvalue weighted by Crippen LogP contribution is 2.40. The molecule has 0 radical (unpaired) electrons. The van der Waals surface area contributed by atoms with Crippen molar-refractivity contribution in [2.24, 2.45) is 11.8 Å². The van der Waals surface area contributed by atoms with Crippen molar-refractivity contribution in [2.75, 3.05) is 7.05 Å². The van der Waals surface area contributed by atoms with Crippen molar-refractivity contribution < 1.29 is 18.0 Å². The second kappa shape index (κ2) is 6.97. The Morgan fingerprint density at radius 1 is 1.07 bits per heavy atom. The Balaban J connectivity index is 1.51. The topological polar surface area (TPSA) is 86.8 Å². The first-order valence-corrected chi connectivity index (χ1v) is 12.3. The van der Waals surface area contributed by atoms with Gasteiger partial charge in [-0.2, -0.15) is 0 Å². The van der Waals surface area contributed by atoms with Crippen molar-refractivity contribution in [1.29, 1.82) is 0 Å². The smallest absolute Gasteiger partial charge is 0.322 e. The van der Waals surface area contributed by atoms with Crippen LogP contribution in [0.2, 0.25) is 0 Å². The Hall–Kier alpha value is -1.15. The molecule has 0 bridgehead atoms. The van der Waals surface area contributed by atoms with Gasteiger partial charge in [0, 0.05) is 18.5 Å². The van der Waals surface area contributed by atoms with Crippen molar-refractivity contribution in [1.82, 2.24) is 14.5 Å². The zero-order valence-electron chi connectivity index (χ0n) is 17.2. The Morgan fingerprint density at radius 3 is 2.32 bits per heavy atom. The highest BCUT2D eigenvalue weighted by molar-refractivity contribution is 7.90. The number of amides is 3. The molecule has 28 heavy (non-hydrogen) atoms. The first-order valence-electron chi connectivity index (χ1n) is 10.7. The number of imide groups is 1. The molecule has 3 unspecified atom stereocenters. The van der Waals surface area contributed by atoms with Crippen molar-refractivity contribution >= 4 is 22.0 Å². The predicted octanol–water partition coefficient (Wildman–Crippen LogP) is 2.47. The van der Waals surface area contributed by atoms with E-state index in [9.17, 15) is 18.0 Å². The maximum Gasteiger partial charge on any atom is 0.327 e. The van der Waals surface area contributed by atoms with E-state index < -0.39 is 15.3 Å². The highest BCUT2D eigenvalue weighted by Gasteiger charge is 2.53. The average Bonchev–Trinajstić information content (AvgIpc) is 3.31. The lowest BCUT2D eigenvalue weighted by atomic mass is 9.81. The molecule has 0 aromatic heterocycles. The Kier molecular flexibility index (Phi) is 5.01. The van der Waals surface area contributed by atoms with Crippen molar-refractivity contribution in [3.63, 3.8) is 0 Å². The summed E-state index contributed by atoms with van der Waals surface area (Å²) in [5, 5.41) is -0.535. The second-order valence-corrected chi connectivity index (χ2v) is 11.8. The molecule has 4 rings (SSSR count). The van der Waals surface area contributed by atoms with Gasteiger partial charge in [0.25, 0.3) is 0 Å². The van der Waals surface area contributed by atoms with E-state index in [2.05, 4.69) is 11.6 Å². The third-order valence-electron chi connectivity index (χ3n) is 7.50. The zero-order chi connectivity index (χ0) is 20.3. The summed E-state index contributed by atoms with van der Waals surface area (Å²) in [6.07, 6.45) is 6.94. The van der Waals surface area contributed by atoms with E-state index in [-0.39, 0.29) is 35.5 Å². The molecule has 3 aliphatic carbocycles. The van der Waals surface area contributed by atoms with Crippen LogP contribution in [0.4, 0.5) is 4.79 Å². The van der Waals surface area contributed by atoms with Gasteiger partial charge in [-0.05, 0) is 70.6 Å². The van der Waals surface area contributed by atoms with E-state index in [0.717, 1.165) is 38.5 Å². The molecule has 3 saturated carbocycles. The van der Waals surface area contributed by atoms with Crippen LogP contribution in [0.25, 0.3) is 0 Å². The van der Waals surface area contributed by atoms with E-state index in [1.54, 1.807) is 11.9 Å². The van der Waals surface area contributed by atoms with E-state index in [0.29, 0.717) is 25.2 Å². The van der Waals surface area contributed by atoms with E-state index >= 15 is 0 Å². The summed E-state index contributed by atoms with van der Waals surface area (Å²) in [5.74, 6) is 0.442. The lowest BCUT2D eigenvalue weighted by molar-refractivity contribution is -0.135. The van der Waals surface area contributed by atoms with Gasteiger partial charge >= 0.3 is 6.03 Å². The molecule has 1 aliphatic heterocycles. The number of nitrogens with one attached hydrogen (secondary N) is 1. The SMILES string of the molecule is CC1CCC(C(=O)N2C(=O)N(C)C3CCC(S(=O)(=O)NC4(C)CC4)CC32)CC1. The summed E-state index contributed by atoms with van der Waals surface area (Å²) in [6.45, 7) is 4.14. The first-order chi connectivity index (χ1) is 13.1. The van der Waals surface area contributed by atoms with Gasteiger partial charge < -0.3 is 4.90 Å². The molecule has 1 heterocycles. The average molecular weight is 412 g/mol. The molecule has 158 valence electrons. The molecule has 3 amide bonds. The van der Waals surface area contributed by atoms with Gasteiger partial charge in [-0.1, -0.05) is 6.92 Å². The fourth-order valence-corrected chi connectivity index (χ4v) is 7.19. The predicted molar refractivity (Wildman–Crippen MR) is 106 cm³/mol. The zero-order valence-corrected chi connectivity index (χ0v) is 18.0. The fraction of sp³-hybridized carbons (Fsp3) is 0.900. The molecular formula is C20H33N3O4S. The molecule has 0 spiro atoms. The van der Waals surface area contributed by atoms with Gasteiger partial charge in [-0.25, -0.2) is 17.9 Å². The van der Waals surface area contributed by atoms with Crippen LogP contribution < -0.4 is 4.72 Å². The van der Waals surface area contributed by atoms with Crippen molar-refractivity contribution in [3.8, 4) is 0 Å². The maximum atomic E-state index is 13.2. The van der Waals surface area contributed by atoms with E-state index in [1.165, 1.54) is 4.90 Å². The number of hydrogen-bond donors (Lipinski definition) is 1. The third-order valence-corrected chi connectivity index (χ3v) is 9.58. The van der Waals surface area contributed by atoms with Crippen LogP contribution >= 0.6 is 0 Å². The molecule has 1 N–H and O–H groups in total. The van der Waals surface area contributed by atoms with Crippen LogP contribution in [0, 0.1) is 11.8 Å². The van der Waals surface area contributed by atoms with Crippen LogP contribution in [-0.2, 0) is 14.8 Å². The lowest BCUT2D eigenvalue weighted by Crippen LogP contribution is -2.51. The second-order valence-electron chi connectivity index (χ2n) is 9.84. The fourth-order valence-electron chi connectivity index (χ4n) is 5.24. The third kappa shape index (κ3) is 3.58. The summed E-state index contributed by atoms with van der Waals surface area (Å²) in [7, 11) is -1.71. The minimum Gasteiger partial charge on any atom is -0.322 e. The Morgan fingerprint density at radius 2 is 1.71 bits per heavy atom. The lowest BCUT2D eigenvalue weighted by Gasteiger charge is -2.36. The number of fused-ring (bicyclic) bond motifs is 1. The van der Waals surface area contributed by atoms with E-state index in [4.69, 9.17) is 0 Å². The number of carbonyl (C=O) groups excluding carboxylic acids is 2. The largest absolute Gasteiger partial charge is 0.327 e. The molecular weight excluding hydrogens is 378 g/mol. The molecule has 3 atom stereocenters. The normalized spacial score (nSPS) is 37.7. The number of rotatable bonds is 4. The van der Waals surface area contributed by atoms with Crippen LogP contribution in [0.1, 0.15) is 71.6 Å². The molecule has 1 saturated heterocycles. The summed E-state index contributed by atoms with van der Waals surface area (Å²) < 4.78 is 28.6. The number of nitrogens with zero attached hydrogens (tertiary/aromatic N) is 2. The van der Waals surface area contributed by atoms with Crippen LogP contribution in [0.5, 0.6) is 0 Å².